The maximum absolute atomic E-state index is 13.6. The van der Waals surface area contributed by atoms with Crippen molar-refractivity contribution in [2.45, 2.75) is 24.6 Å². The van der Waals surface area contributed by atoms with E-state index in [1.165, 1.54) is 27.9 Å². The smallest absolute Gasteiger partial charge is 0.291 e. The van der Waals surface area contributed by atoms with Crippen molar-refractivity contribution >= 4 is 28.9 Å². The summed E-state index contributed by atoms with van der Waals surface area (Å²) in [5, 5.41) is 5.85. The molecule has 5 nitrogen and oxygen atoms in total. The lowest BCUT2D eigenvalue weighted by atomic mass is 10.0. The number of nitrogens with zero attached hydrogens (tertiary/aromatic N) is 1. The number of carbonyl (C=O) groups is 1. The van der Waals surface area contributed by atoms with Crippen LogP contribution in [-0.4, -0.2) is 55.2 Å². The van der Waals surface area contributed by atoms with Crippen molar-refractivity contribution in [3.05, 3.63) is 0 Å². The Kier molecular flexibility index (Phi) is 4.16. The van der Waals surface area contributed by atoms with Crippen LogP contribution in [0.1, 0.15) is 6.42 Å². The quantitative estimate of drug-likeness (QED) is 0.686. The molecule has 2 N–H and O–H groups in total. The van der Waals surface area contributed by atoms with Gasteiger partial charge in [0.2, 0.25) is 0 Å². The Morgan fingerprint density at radius 1 is 1.41 bits per heavy atom. The first kappa shape index (κ1) is 13.4. The number of alkyl halides is 2. The molecule has 0 spiro atoms. The number of likely N-dealkylation sites (tertiary alicyclic amines) is 1. The van der Waals surface area contributed by atoms with E-state index in [9.17, 15) is 13.6 Å². The molecule has 1 atom stereocenters. The third-order valence-corrected chi connectivity index (χ3v) is 3.64. The molecule has 1 amide bonds. The molecule has 98 valence electrons. The lowest BCUT2D eigenvalue weighted by Gasteiger charge is -2.37. The van der Waals surface area contributed by atoms with Gasteiger partial charge in [0.15, 0.2) is 0 Å². The number of amides is 1. The van der Waals surface area contributed by atoms with Crippen LogP contribution in [0.15, 0.2) is 0 Å². The average Bonchev–Trinajstić information content (AvgIpc) is 2.80. The third-order valence-electron chi connectivity index (χ3n) is 3.02. The molecule has 2 fully saturated rings. The number of hydrogen-bond acceptors (Lipinski definition) is 4. The number of halogens is 3. The van der Waals surface area contributed by atoms with Gasteiger partial charge in [0.25, 0.3) is 11.8 Å². The van der Waals surface area contributed by atoms with E-state index >= 15 is 0 Å². The molecule has 8 heteroatoms. The second kappa shape index (κ2) is 5.29. The highest BCUT2D eigenvalue weighted by molar-refractivity contribution is 14.1. The van der Waals surface area contributed by atoms with Gasteiger partial charge in [-0.25, -0.2) is 8.78 Å². The first-order chi connectivity index (χ1) is 8.04. The fourth-order valence-electron chi connectivity index (χ4n) is 2.08. The molecule has 2 rings (SSSR count). The second-order valence-electron chi connectivity index (χ2n) is 4.23. The van der Waals surface area contributed by atoms with E-state index in [0.29, 0.717) is 19.6 Å². The van der Waals surface area contributed by atoms with Gasteiger partial charge in [-0.05, 0) is 6.42 Å². The standard InChI is InChI=1S/C9H14F2IN3O2/c10-9(11)5-15(4-1-6(9)17-12)8(16)7-13-2-3-14-7/h6-7,13-14H,1-5H2. The predicted octanol–water partition coefficient (Wildman–Crippen LogP) is 0.108. The number of nitrogens with one attached hydrogen (secondary N) is 2. The molecule has 2 aliphatic heterocycles. The molecule has 0 bridgehead atoms. The molecule has 0 aliphatic carbocycles. The van der Waals surface area contributed by atoms with Crippen molar-refractivity contribution in [2.24, 2.45) is 0 Å². The number of hydrogen-bond donors (Lipinski definition) is 2. The van der Waals surface area contributed by atoms with E-state index < -0.39 is 24.7 Å². The van der Waals surface area contributed by atoms with E-state index in [0.717, 1.165) is 0 Å². The maximum atomic E-state index is 13.6. The van der Waals surface area contributed by atoms with Crippen molar-refractivity contribution in [1.82, 2.24) is 15.5 Å². The van der Waals surface area contributed by atoms with Crippen LogP contribution in [0.3, 0.4) is 0 Å². The fourth-order valence-corrected chi connectivity index (χ4v) is 2.71. The Morgan fingerprint density at radius 2 is 2.06 bits per heavy atom. The Labute approximate surface area is 112 Å². The van der Waals surface area contributed by atoms with Gasteiger partial charge in [-0.15, -0.1) is 0 Å². The summed E-state index contributed by atoms with van der Waals surface area (Å²) < 4.78 is 31.9. The summed E-state index contributed by atoms with van der Waals surface area (Å²) in [5.41, 5.74) is 0. The predicted molar refractivity (Wildman–Crippen MR) is 64.8 cm³/mol. The molecular formula is C9H14F2IN3O2. The van der Waals surface area contributed by atoms with Crippen molar-refractivity contribution in [2.75, 3.05) is 26.2 Å². The topological polar surface area (TPSA) is 53.6 Å². The molecule has 2 heterocycles. The first-order valence-corrected chi connectivity index (χ1v) is 6.33. The van der Waals surface area contributed by atoms with Gasteiger partial charge in [-0.1, -0.05) is 0 Å². The molecule has 0 aromatic rings. The van der Waals surface area contributed by atoms with Gasteiger partial charge < -0.3 is 7.97 Å². The van der Waals surface area contributed by atoms with Crippen LogP contribution >= 0.6 is 23.0 Å². The Balaban J connectivity index is 1.97. The second-order valence-corrected chi connectivity index (χ2v) is 4.74. The Hall–Kier alpha value is -0.0600. The normalized spacial score (nSPS) is 29.6. The minimum atomic E-state index is -2.98. The third kappa shape index (κ3) is 2.85. The molecule has 0 aromatic heterocycles. The minimum Gasteiger partial charge on any atom is -0.334 e. The number of rotatable bonds is 2. The largest absolute Gasteiger partial charge is 0.334 e. The van der Waals surface area contributed by atoms with Crippen LogP contribution in [0.5, 0.6) is 0 Å². The zero-order chi connectivity index (χ0) is 12.5. The molecule has 2 aliphatic rings. The average molecular weight is 361 g/mol. The van der Waals surface area contributed by atoms with Gasteiger partial charge in [-0.2, -0.15) is 0 Å². The lowest BCUT2D eigenvalue weighted by molar-refractivity contribution is -0.157. The van der Waals surface area contributed by atoms with E-state index in [2.05, 4.69) is 10.6 Å². The molecule has 2 saturated heterocycles. The van der Waals surface area contributed by atoms with E-state index in [4.69, 9.17) is 3.07 Å². The summed E-state index contributed by atoms with van der Waals surface area (Å²) in [5.74, 6) is -3.29. The summed E-state index contributed by atoms with van der Waals surface area (Å²) in [6.45, 7) is 1.10. The molecule has 0 saturated carbocycles. The summed E-state index contributed by atoms with van der Waals surface area (Å²) in [6, 6.07) is 0. The van der Waals surface area contributed by atoms with Gasteiger partial charge in [-0.3, -0.25) is 15.4 Å². The van der Waals surface area contributed by atoms with E-state index in [1.807, 2.05) is 0 Å². The summed E-state index contributed by atoms with van der Waals surface area (Å²) in [4.78, 5) is 13.1. The SMILES string of the molecule is O=C(C1NCCN1)N1CCC(OI)C(F)(F)C1. The zero-order valence-electron chi connectivity index (χ0n) is 9.09. The highest BCUT2D eigenvalue weighted by atomic mass is 127. The summed E-state index contributed by atoms with van der Waals surface area (Å²) >= 11 is 1.49. The highest BCUT2D eigenvalue weighted by Gasteiger charge is 2.47. The molecule has 1 unspecified atom stereocenters. The van der Waals surface area contributed by atoms with Crippen LogP contribution in [0.2, 0.25) is 0 Å². The molecule has 0 radical (unpaired) electrons. The van der Waals surface area contributed by atoms with Crippen molar-refractivity contribution in [3.8, 4) is 0 Å². The molecular weight excluding hydrogens is 347 g/mol. The fraction of sp³-hybridized carbons (Fsp3) is 0.889. The van der Waals surface area contributed by atoms with Gasteiger partial charge in [0.05, 0.1) is 6.54 Å². The molecule has 17 heavy (non-hydrogen) atoms. The number of carbonyl (C=O) groups excluding carboxylic acids is 1. The monoisotopic (exact) mass is 361 g/mol. The van der Waals surface area contributed by atoms with Gasteiger partial charge in [0, 0.05) is 19.6 Å². The summed E-state index contributed by atoms with van der Waals surface area (Å²) in [7, 11) is 0. The van der Waals surface area contributed by atoms with Crippen LogP contribution in [-0.2, 0) is 7.86 Å². The van der Waals surface area contributed by atoms with E-state index in [1.54, 1.807) is 0 Å². The number of piperidine rings is 1. The van der Waals surface area contributed by atoms with Gasteiger partial charge >= 0.3 is 0 Å². The van der Waals surface area contributed by atoms with Crippen LogP contribution in [0, 0.1) is 0 Å². The Morgan fingerprint density at radius 3 is 2.59 bits per heavy atom. The van der Waals surface area contributed by atoms with Crippen molar-refractivity contribution in [1.29, 1.82) is 0 Å². The maximum Gasteiger partial charge on any atom is 0.291 e. The van der Waals surface area contributed by atoms with E-state index in [-0.39, 0.29) is 12.3 Å². The van der Waals surface area contributed by atoms with Crippen LogP contribution < -0.4 is 10.6 Å². The van der Waals surface area contributed by atoms with Gasteiger partial charge in [0.1, 0.15) is 35.3 Å². The van der Waals surface area contributed by atoms with Crippen molar-refractivity contribution in [3.63, 3.8) is 0 Å². The lowest BCUT2D eigenvalue weighted by Crippen LogP contribution is -2.58. The Bertz CT molecular complexity index is 300. The van der Waals surface area contributed by atoms with Crippen molar-refractivity contribution < 1.29 is 16.6 Å². The minimum absolute atomic E-state index is 0.161. The van der Waals surface area contributed by atoms with Crippen LogP contribution in [0.25, 0.3) is 0 Å². The highest BCUT2D eigenvalue weighted by Crippen LogP contribution is 2.31. The first-order valence-electron chi connectivity index (χ1n) is 5.45. The zero-order valence-corrected chi connectivity index (χ0v) is 11.2. The summed E-state index contributed by atoms with van der Waals surface area (Å²) in [6.07, 6.45) is -1.46. The molecule has 0 aromatic carbocycles. The van der Waals surface area contributed by atoms with Crippen LogP contribution in [0.4, 0.5) is 8.78 Å².